The van der Waals surface area contributed by atoms with E-state index < -0.39 is 0 Å². The number of imidazole rings is 1. The van der Waals surface area contributed by atoms with Gasteiger partial charge in [-0.2, -0.15) is 0 Å². The Bertz CT molecular complexity index is 921. The fourth-order valence-electron chi connectivity index (χ4n) is 2.99. The first-order valence-electron chi connectivity index (χ1n) is 9.38. The largest absolute Gasteiger partial charge is 0.356 e. The molecular formula is C22H27FIN5. The van der Waals surface area contributed by atoms with Crippen LogP contribution in [0.25, 0.3) is 0 Å². The second-order valence-corrected chi connectivity index (χ2v) is 6.65. The maximum atomic E-state index is 13.0. The molecule has 5 nitrogen and oxygen atoms in total. The molecule has 3 aromatic rings. The lowest BCUT2D eigenvalue weighted by atomic mass is 10.1. The lowest BCUT2D eigenvalue weighted by Gasteiger charge is -2.13. The van der Waals surface area contributed by atoms with Crippen molar-refractivity contribution >= 4 is 29.9 Å². The van der Waals surface area contributed by atoms with Gasteiger partial charge in [-0.3, -0.25) is 4.99 Å². The van der Waals surface area contributed by atoms with E-state index in [0.717, 1.165) is 36.9 Å². The van der Waals surface area contributed by atoms with Crippen LogP contribution in [-0.2, 0) is 19.5 Å². The van der Waals surface area contributed by atoms with Gasteiger partial charge in [0.2, 0.25) is 0 Å². The molecule has 0 atom stereocenters. The number of nitrogens with zero attached hydrogens (tertiary/aromatic N) is 3. The number of aliphatic imine (C=N–C) groups is 1. The van der Waals surface area contributed by atoms with Crippen LogP contribution < -0.4 is 10.6 Å². The molecule has 0 aliphatic carbocycles. The summed E-state index contributed by atoms with van der Waals surface area (Å²) in [5.41, 5.74) is 3.52. The second kappa shape index (κ2) is 11.5. The van der Waals surface area contributed by atoms with E-state index in [0.29, 0.717) is 6.54 Å². The minimum Gasteiger partial charge on any atom is -0.356 e. The molecular weight excluding hydrogens is 480 g/mol. The summed E-state index contributed by atoms with van der Waals surface area (Å²) < 4.78 is 15.1. The van der Waals surface area contributed by atoms with Gasteiger partial charge in [0.25, 0.3) is 0 Å². The van der Waals surface area contributed by atoms with Crippen LogP contribution in [0.4, 0.5) is 4.39 Å². The van der Waals surface area contributed by atoms with Crippen LogP contribution in [0.2, 0.25) is 0 Å². The van der Waals surface area contributed by atoms with Crippen molar-refractivity contribution in [3.05, 3.63) is 89.3 Å². The van der Waals surface area contributed by atoms with Crippen LogP contribution in [0.1, 0.15) is 22.5 Å². The van der Waals surface area contributed by atoms with Gasteiger partial charge in [0.15, 0.2) is 5.96 Å². The Morgan fingerprint density at radius 3 is 2.52 bits per heavy atom. The van der Waals surface area contributed by atoms with E-state index in [1.807, 2.05) is 19.3 Å². The van der Waals surface area contributed by atoms with Crippen LogP contribution in [0.15, 0.2) is 65.9 Å². The van der Waals surface area contributed by atoms with Crippen molar-refractivity contribution in [3.63, 3.8) is 0 Å². The van der Waals surface area contributed by atoms with Gasteiger partial charge >= 0.3 is 0 Å². The molecule has 0 radical (unpaired) electrons. The average molecular weight is 507 g/mol. The fourth-order valence-corrected chi connectivity index (χ4v) is 2.99. The molecule has 7 heteroatoms. The smallest absolute Gasteiger partial charge is 0.191 e. The van der Waals surface area contributed by atoms with Gasteiger partial charge in [0, 0.05) is 39.1 Å². The third-order valence-electron chi connectivity index (χ3n) is 4.57. The van der Waals surface area contributed by atoms with Gasteiger partial charge in [-0.25, -0.2) is 9.37 Å². The van der Waals surface area contributed by atoms with E-state index in [1.165, 1.54) is 23.3 Å². The fraction of sp³-hybridized carbons (Fsp3) is 0.273. The molecule has 0 saturated carbocycles. The number of hydrogen-bond donors (Lipinski definition) is 2. The zero-order valence-corrected chi connectivity index (χ0v) is 19.1. The van der Waals surface area contributed by atoms with E-state index in [4.69, 9.17) is 0 Å². The summed E-state index contributed by atoms with van der Waals surface area (Å²) in [5.74, 6) is 1.55. The van der Waals surface area contributed by atoms with E-state index >= 15 is 0 Å². The van der Waals surface area contributed by atoms with Crippen LogP contribution in [0.5, 0.6) is 0 Å². The van der Waals surface area contributed by atoms with Crippen molar-refractivity contribution in [2.75, 3.05) is 13.6 Å². The molecule has 0 fully saturated rings. The zero-order chi connectivity index (χ0) is 19.8. The van der Waals surface area contributed by atoms with Gasteiger partial charge in [0.05, 0.1) is 0 Å². The molecule has 1 aromatic heterocycles. The topological polar surface area (TPSA) is 54.2 Å². The van der Waals surface area contributed by atoms with Crippen molar-refractivity contribution < 1.29 is 4.39 Å². The highest BCUT2D eigenvalue weighted by molar-refractivity contribution is 14.0. The van der Waals surface area contributed by atoms with Crippen molar-refractivity contribution in [3.8, 4) is 0 Å². The highest BCUT2D eigenvalue weighted by Gasteiger charge is 2.02. The monoisotopic (exact) mass is 507 g/mol. The predicted molar refractivity (Wildman–Crippen MR) is 126 cm³/mol. The molecule has 0 aliphatic heterocycles. The number of hydrogen-bond acceptors (Lipinski definition) is 2. The van der Waals surface area contributed by atoms with Gasteiger partial charge in [-0.05, 0) is 42.2 Å². The van der Waals surface area contributed by atoms with Gasteiger partial charge in [0.1, 0.15) is 11.6 Å². The van der Waals surface area contributed by atoms with Crippen molar-refractivity contribution in [1.82, 2.24) is 20.2 Å². The van der Waals surface area contributed by atoms with Crippen LogP contribution in [0, 0.1) is 12.7 Å². The van der Waals surface area contributed by atoms with Gasteiger partial charge in [-0.15, -0.1) is 24.0 Å². The summed E-state index contributed by atoms with van der Waals surface area (Å²) in [4.78, 5) is 8.53. The Kier molecular flexibility index (Phi) is 9.11. The first-order chi connectivity index (χ1) is 13.6. The van der Waals surface area contributed by atoms with Gasteiger partial charge < -0.3 is 15.2 Å². The maximum Gasteiger partial charge on any atom is 0.191 e. The molecule has 29 heavy (non-hydrogen) atoms. The Morgan fingerprint density at radius 1 is 1.07 bits per heavy atom. The minimum absolute atomic E-state index is 0. The van der Waals surface area contributed by atoms with Crippen molar-refractivity contribution in [1.29, 1.82) is 0 Å². The molecule has 0 bridgehead atoms. The number of halogens is 2. The predicted octanol–water partition coefficient (Wildman–Crippen LogP) is 3.90. The lowest BCUT2D eigenvalue weighted by molar-refractivity contribution is 0.626. The van der Waals surface area contributed by atoms with Crippen LogP contribution in [0.3, 0.4) is 0 Å². The Labute approximate surface area is 188 Å². The minimum atomic E-state index is -0.209. The normalized spacial score (nSPS) is 11.1. The molecule has 2 N–H and O–H groups in total. The van der Waals surface area contributed by atoms with E-state index in [-0.39, 0.29) is 29.8 Å². The summed E-state index contributed by atoms with van der Waals surface area (Å²) in [7, 11) is 1.76. The average Bonchev–Trinajstić information content (AvgIpc) is 3.11. The molecule has 2 aromatic carbocycles. The number of aromatic nitrogens is 2. The zero-order valence-electron chi connectivity index (χ0n) is 16.7. The Morgan fingerprint density at radius 2 is 1.83 bits per heavy atom. The first kappa shape index (κ1) is 22.9. The number of rotatable bonds is 7. The van der Waals surface area contributed by atoms with Crippen molar-refractivity contribution in [2.24, 2.45) is 4.99 Å². The number of aryl methyl sites for hydroxylation is 1. The lowest BCUT2D eigenvalue weighted by Crippen LogP contribution is -2.37. The summed E-state index contributed by atoms with van der Waals surface area (Å²) >= 11 is 0. The first-order valence-corrected chi connectivity index (χ1v) is 9.38. The molecule has 154 valence electrons. The summed E-state index contributed by atoms with van der Waals surface area (Å²) in [5, 5.41) is 6.63. The van der Waals surface area contributed by atoms with Crippen molar-refractivity contribution in [2.45, 2.75) is 26.4 Å². The van der Waals surface area contributed by atoms with Gasteiger partial charge in [-0.1, -0.05) is 36.4 Å². The van der Waals surface area contributed by atoms with Crippen LogP contribution in [-0.4, -0.2) is 29.1 Å². The van der Waals surface area contributed by atoms with Crippen LogP contribution >= 0.6 is 24.0 Å². The molecule has 0 saturated heterocycles. The number of guanidine groups is 1. The quantitative estimate of drug-likeness (QED) is 0.290. The molecule has 0 aliphatic rings. The maximum absolute atomic E-state index is 13.0. The highest BCUT2D eigenvalue weighted by Crippen LogP contribution is 2.09. The number of benzene rings is 2. The molecule has 1 heterocycles. The molecule has 0 amide bonds. The summed E-state index contributed by atoms with van der Waals surface area (Å²) in [6.45, 7) is 4.23. The van der Waals surface area contributed by atoms with E-state index in [2.05, 4.69) is 49.4 Å². The summed E-state index contributed by atoms with van der Waals surface area (Å²) in [6.07, 6.45) is 4.62. The molecule has 0 unspecified atom stereocenters. The standard InChI is InChI=1S/C22H26FN5.HI/c1-17-25-12-13-28(17)16-20-5-3-4-19(14-20)15-27-22(24-2)26-11-10-18-6-8-21(23)9-7-18;/h3-9,12-14H,10-11,15-16H2,1-2H3,(H2,24,26,27);1H. The third-order valence-corrected chi connectivity index (χ3v) is 4.57. The molecule has 3 rings (SSSR count). The third kappa shape index (κ3) is 7.16. The highest BCUT2D eigenvalue weighted by atomic mass is 127. The van der Waals surface area contributed by atoms with E-state index in [1.54, 1.807) is 19.2 Å². The second-order valence-electron chi connectivity index (χ2n) is 6.65. The SMILES string of the molecule is CN=C(NCCc1ccc(F)cc1)NCc1cccc(Cn2ccnc2C)c1.I. The number of nitrogens with one attached hydrogen (secondary N) is 2. The summed E-state index contributed by atoms with van der Waals surface area (Å²) in [6, 6.07) is 15.1. The molecule has 0 spiro atoms. The Hall–Kier alpha value is -2.42. The Balaban J connectivity index is 0.00000300. The van der Waals surface area contributed by atoms with E-state index in [9.17, 15) is 4.39 Å².